The van der Waals surface area contributed by atoms with E-state index in [0.29, 0.717) is 6.42 Å². The molecule has 2 aliphatic carbocycles. The van der Waals surface area contributed by atoms with Gasteiger partial charge >= 0.3 is 17.9 Å². The van der Waals surface area contributed by atoms with E-state index in [1.165, 1.54) is 6.92 Å². The molecule has 0 bridgehead atoms. The van der Waals surface area contributed by atoms with E-state index < -0.39 is 70.5 Å². The lowest BCUT2D eigenvalue weighted by Crippen LogP contribution is -2.66. The van der Waals surface area contributed by atoms with Gasteiger partial charge in [0.2, 0.25) is 11.9 Å². The van der Waals surface area contributed by atoms with Crippen LogP contribution in [0.5, 0.6) is 0 Å². The molecule has 2 saturated carbocycles. The molecular weight excluding hydrogens is 384 g/mol. The molecule has 158 valence electrons. The van der Waals surface area contributed by atoms with E-state index in [1.54, 1.807) is 0 Å². The molecule has 29 heavy (non-hydrogen) atoms. The predicted molar refractivity (Wildman–Crippen MR) is 90.6 cm³/mol. The number of hydrogen-bond donors (Lipinski definition) is 2. The van der Waals surface area contributed by atoms with Crippen molar-refractivity contribution in [2.24, 2.45) is 28.1 Å². The van der Waals surface area contributed by atoms with Gasteiger partial charge in [-0.1, -0.05) is 20.8 Å². The summed E-state index contributed by atoms with van der Waals surface area (Å²) in [5, 5.41) is 23.0. The van der Waals surface area contributed by atoms with Gasteiger partial charge in [0.05, 0.1) is 16.7 Å². The lowest BCUT2D eigenvalue weighted by molar-refractivity contribution is -0.238. The zero-order valence-corrected chi connectivity index (χ0v) is 16.6. The Hall–Kier alpha value is -1.71. The maximum atomic E-state index is 13.3. The summed E-state index contributed by atoms with van der Waals surface area (Å²) >= 11 is 0. The zero-order valence-electron chi connectivity index (χ0n) is 16.6. The molecule has 3 unspecified atom stereocenters. The number of fused-ring (bicyclic) bond motifs is 1. The number of carbonyl (C=O) groups excluding carboxylic acids is 3. The van der Waals surface area contributed by atoms with Crippen molar-refractivity contribution in [2.45, 2.75) is 76.3 Å². The fraction of sp³-hybridized carbons (Fsp3) is 0.850. The van der Waals surface area contributed by atoms with Crippen molar-refractivity contribution in [3.05, 3.63) is 0 Å². The van der Waals surface area contributed by atoms with E-state index in [4.69, 9.17) is 18.9 Å². The highest BCUT2D eigenvalue weighted by molar-refractivity contribution is 5.93. The Morgan fingerprint density at radius 3 is 2.38 bits per heavy atom. The second kappa shape index (κ2) is 4.48. The highest BCUT2D eigenvalue weighted by Crippen LogP contribution is 2.84. The van der Waals surface area contributed by atoms with Crippen molar-refractivity contribution in [1.82, 2.24) is 0 Å². The standard InChI is InChI=1S/C20H24O9/c1-7-12(22)26-10-6-17-9-5-8(16(2,3)4)18(17)11(21)13(23)28-15(18)29-20(17,14(24)27-9)19(7,10)25/h7-11,15,21,25H,5-6H2,1-4H3/t7-,8-,9-,10+,11+,15?,17?,18?,19-,20-/m1/s1. The maximum absolute atomic E-state index is 13.3. The Labute approximate surface area is 166 Å². The SMILES string of the molecule is C[C@@H]1C(=O)O[C@H]2CC34[C@H]5C[C@H](C(C)(C)C)C36C(OC(=O)[C@@H]6O)O[C@@]4(C(=O)O5)[C@]21O. The van der Waals surface area contributed by atoms with Crippen LogP contribution in [-0.4, -0.2) is 63.9 Å². The van der Waals surface area contributed by atoms with Crippen LogP contribution in [0.15, 0.2) is 0 Å². The van der Waals surface area contributed by atoms with Gasteiger partial charge in [-0.15, -0.1) is 0 Å². The summed E-state index contributed by atoms with van der Waals surface area (Å²) in [4.78, 5) is 38.1. The molecular formula is C20H24O9. The largest absolute Gasteiger partial charge is 0.459 e. The van der Waals surface area contributed by atoms with Crippen LogP contribution in [0.1, 0.15) is 40.5 Å². The van der Waals surface area contributed by atoms with Crippen LogP contribution in [0.2, 0.25) is 0 Å². The van der Waals surface area contributed by atoms with Crippen molar-refractivity contribution >= 4 is 17.9 Å². The third kappa shape index (κ3) is 1.35. The molecule has 9 nitrogen and oxygen atoms in total. The van der Waals surface area contributed by atoms with Crippen LogP contribution in [0.4, 0.5) is 0 Å². The molecule has 6 fully saturated rings. The summed E-state index contributed by atoms with van der Waals surface area (Å²) < 4.78 is 22.9. The van der Waals surface area contributed by atoms with Gasteiger partial charge in [0, 0.05) is 6.42 Å². The topological polar surface area (TPSA) is 129 Å². The number of rotatable bonds is 0. The first-order valence-electron chi connectivity index (χ1n) is 10.1. The summed E-state index contributed by atoms with van der Waals surface area (Å²) in [6, 6.07) is 0. The van der Waals surface area contributed by atoms with E-state index in [1.807, 2.05) is 20.8 Å². The fourth-order valence-electron chi connectivity index (χ4n) is 8.06. The quantitative estimate of drug-likeness (QED) is 0.408. The Morgan fingerprint density at radius 1 is 1.03 bits per heavy atom. The molecule has 0 aromatic carbocycles. The lowest BCUT2D eigenvalue weighted by atomic mass is 9.51. The van der Waals surface area contributed by atoms with Crippen LogP contribution in [-0.2, 0) is 33.3 Å². The van der Waals surface area contributed by atoms with E-state index in [9.17, 15) is 24.6 Å². The number of aliphatic hydroxyl groups excluding tert-OH is 1. The fourth-order valence-corrected chi connectivity index (χ4v) is 8.06. The average molecular weight is 408 g/mol. The van der Waals surface area contributed by atoms with Crippen LogP contribution in [0.3, 0.4) is 0 Å². The molecule has 6 aliphatic rings. The molecule has 4 heterocycles. The molecule has 10 atom stereocenters. The Balaban J connectivity index is 1.68. The van der Waals surface area contributed by atoms with Crippen molar-refractivity contribution in [3.8, 4) is 0 Å². The monoisotopic (exact) mass is 408 g/mol. The van der Waals surface area contributed by atoms with Crippen LogP contribution >= 0.6 is 0 Å². The zero-order chi connectivity index (χ0) is 20.9. The van der Waals surface area contributed by atoms with Gasteiger partial charge in [-0.2, -0.15) is 0 Å². The summed E-state index contributed by atoms with van der Waals surface area (Å²) in [6.45, 7) is 7.47. The molecule has 0 radical (unpaired) electrons. The Kier molecular flexibility index (Phi) is 2.79. The second-order valence-corrected chi connectivity index (χ2v) is 10.6. The van der Waals surface area contributed by atoms with Crippen LogP contribution < -0.4 is 0 Å². The first kappa shape index (κ1) is 18.1. The smallest absolute Gasteiger partial charge is 0.342 e. The Bertz CT molecular complexity index is 893. The van der Waals surface area contributed by atoms with Crippen molar-refractivity contribution in [1.29, 1.82) is 0 Å². The minimum Gasteiger partial charge on any atom is -0.459 e. The second-order valence-electron chi connectivity index (χ2n) is 10.6. The molecule has 2 spiro atoms. The number of aliphatic hydroxyl groups is 2. The molecule has 0 aromatic rings. The summed E-state index contributed by atoms with van der Waals surface area (Å²) in [7, 11) is 0. The number of esters is 3. The number of ether oxygens (including phenoxy) is 4. The van der Waals surface area contributed by atoms with Gasteiger partial charge in [-0.05, 0) is 24.7 Å². The van der Waals surface area contributed by atoms with E-state index in [2.05, 4.69) is 0 Å². The molecule has 0 aromatic heterocycles. The highest BCUT2D eigenvalue weighted by Gasteiger charge is 3.01. The molecule has 6 rings (SSSR count). The number of carbonyl (C=O) groups is 3. The van der Waals surface area contributed by atoms with Crippen molar-refractivity contribution < 1.29 is 43.5 Å². The molecule has 4 saturated heterocycles. The first-order valence-corrected chi connectivity index (χ1v) is 10.1. The van der Waals surface area contributed by atoms with Crippen molar-refractivity contribution in [3.63, 3.8) is 0 Å². The minimum absolute atomic E-state index is 0.0623. The van der Waals surface area contributed by atoms with Gasteiger partial charge in [-0.25, -0.2) is 9.59 Å². The van der Waals surface area contributed by atoms with Crippen LogP contribution in [0, 0.1) is 28.1 Å². The predicted octanol–water partition coefficient (Wildman–Crippen LogP) is -0.340. The molecule has 2 N–H and O–H groups in total. The molecule has 9 heteroatoms. The summed E-state index contributed by atoms with van der Waals surface area (Å²) in [5.74, 6) is -3.52. The third-order valence-corrected chi connectivity index (χ3v) is 8.97. The average Bonchev–Trinajstić information content (AvgIpc) is 3.31. The number of hydrogen-bond acceptors (Lipinski definition) is 9. The highest BCUT2D eigenvalue weighted by atomic mass is 16.8. The van der Waals surface area contributed by atoms with Crippen LogP contribution in [0.25, 0.3) is 0 Å². The maximum Gasteiger partial charge on any atom is 0.342 e. The van der Waals surface area contributed by atoms with Gasteiger partial charge in [-0.3, -0.25) is 4.79 Å². The van der Waals surface area contributed by atoms with E-state index in [-0.39, 0.29) is 17.8 Å². The third-order valence-electron chi connectivity index (χ3n) is 8.97. The van der Waals surface area contributed by atoms with Gasteiger partial charge < -0.3 is 29.2 Å². The normalized spacial score (nSPS) is 59.2. The van der Waals surface area contributed by atoms with Crippen molar-refractivity contribution in [2.75, 3.05) is 0 Å². The van der Waals surface area contributed by atoms with Gasteiger partial charge in [0.25, 0.3) is 0 Å². The van der Waals surface area contributed by atoms with E-state index >= 15 is 0 Å². The van der Waals surface area contributed by atoms with Gasteiger partial charge in [0.1, 0.15) is 12.2 Å². The minimum atomic E-state index is -1.97. The van der Waals surface area contributed by atoms with Gasteiger partial charge in [0.15, 0.2) is 11.7 Å². The molecule has 0 amide bonds. The first-order chi connectivity index (χ1) is 13.4. The lowest BCUT2D eigenvalue weighted by Gasteiger charge is -2.46. The van der Waals surface area contributed by atoms with E-state index in [0.717, 1.165) is 0 Å². The Morgan fingerprint density at radius 2 is 1.72 bits per heavy atom. The summed E-state index contributed by atoms with van der Waals surface area (Å²) in [5.41, 5.74) is -6.81. The molecule has 4 aliphatic heterocycles. The summed E-state index contributed by atoms with van der Waals surface area (Å²) in [6.07, 6.45) is -3.96.